The number of nitro benzene ring substituents is 1. The van der Waals surface area contributed by atoms with Crippen molar-refractivity contribution >= 4 is 18.1 Å². The second-order valence-electron chi connectivity index (χ2n) is 3.67. The lowest BCUT2D eigenvalue weighted by molar-refractivity contribution is -0.386. The second-order valence-corrected chi connectivity index (χ2v) is 3.67. The van der Waals surface area contributed by atoms with Crippen molar-refractivity contribution in [3.05, 3.63) is 39.7 Å². The molecular weight excluding hydrogens is 249 g/mol. The predicted molar refractivity (Wildman–Crippen MR) is 63.9 cm³/mol. The van der Waals surface area contributed by atoms with Crippen LogP contribution in [-0.2, 0) is 0 Å². The molecule has 5 nitrogen and oxygen atoms in total. The molecule has 17 heavy (non-hydrogen) atoms. The van der Waals surface area contributed by atoms with Gasteiger partial charge < -0.3 is 10.6 Å². The van der Waals surface area contributed by atoms with Gasteiger partial charge in [0.15, 0.2) is 0 Å². The molecule has 1 aromatic rings. The number of halogens is 2. The van der Waals surface area contributed by atoms with Crippen LogP contribution >= 0.6 is 12.4 Å². The van der Waals surface area contributed by atoms with Crippen molar-refractivity contribution in [3.8, 4) is 0 Å². The summed E-state index contributed by atoms with van der Waals surface area (Å²) in [6.45, 7) is 2.21. The summed E-state index contributed by atoms with van der Waals surface area (Å²) in [5, 5.41) is 17.1. The molecule has 1 saturated heterocycles. The molecule has 1 fully saturated rings. The Hall–Kier alpha value is -1.24. The van der Waals surface area contributed by atoms with E-state index >= 15 is 0 Å². The van der Waals surface area contributed by atoms with Crippen LogP contribution in [0, 0.1) is 15.9 Å². The fourth-order valence-corrected chi connectivity index (χ4v) is 1.84. The van der Waals surface area contributed by atoms with Crippen LogP contribution in [0.2, 0.25) is 0 Å². The van der Waals surface area contributed by atoms with Crippen molar-refractivity contribution in [2.45, 2.75) is 6.04 Å². The summed E-state index contributed by atoms with van der Waals surface area (Å²) in [6, 6.07) is 3.55. The number of nitro groups is 1. The van der Waals surface area contributed by atoms with Gasteiger partial charge in [0.25, 0.3) is 5.69 Å². The normalized spacial score (nSPS) is 19.5. The minimum absolute atomic E-state index is 0. The Morgan fingerprint density at radius 3 is 2.76 bits per heavy atom. The third kappa shape index (κ3) is 3.12. The van der Waals surface area contributed by atoms with Gasteiger partial charge in [-0.3, -0.25) is 10.1 Å². The first-order valence-electron chi connectivity index (χ1n) is 5.06. The molecule has 0 spiro atoms. The van der Waals surface area contributed by atoms with Crippen molar-refractivity contribution in [1.82, 2.24) is 10.6 Å². The number of hydrogen-bond acceptors (Lipinski definition) is 4. The van der Waals surface area contributed by atoms with Crippen molar-refractivity contribution in [1.29, 1.82) is 0 Å². The molecule has 2 N–H and O–H groups in total. The lowest BCUT2D eigenvalue weighted by atomic mass is 10.0. The quantitative estimate of drug-likeness (QED) is 0.624. The van der Waals surface area contributed by atoms with E-state index < -0.39 is 10.7 Å². The van der Waals surface area contributed by atoms with Crippen molar-refractivity contribution in [2.24, 2.45) is 0 Å². The molecule has 1 heterocycles. The molecule has 1 aliphatic rings. The minimum atomic E-state index is -0.584. The number of hydrogen-bond donors (Lipinski definition) is 2. The smallest absolute Gasteiger partial charge is 0.277 e. The topological polar surface area (TPSA) is 67.2 Å². The monoisotopic (exact) mass is 261 g/mol. The summed E-state index contributed by atoms with van der Waals surface area (Å²) in [5.41, 5.74) is 0.361. The Kier molecular flexibility index (Phi) is 4.80. The highest BCUT2D eigenvalue weighted by Gasteiger charge is 2.23. The van der Waals surface area contributed by atoms with Crippen LogP contribution in [-0.4, -0.2) is 24.6 Å². The van der Waals surface area contributed by atoms with Crippen molar-refractivity contribution in [2.75, 3.05) is 19.6 Å². The summed E-state index contributed by atoms with van der Waals surface area (Å²) >= 11 is 0. The van der Waals surface area contributed by atoms with Gasteiger partial charge in [-0.25, -0.2) is 4.39 Å². The van der Waals surface area contributed by atoms with Crippen LogP contribution in [0.5, 0.6) is 0 Å². The summed E-state index contributed by atoms with van der Waals surface area (Å²) in [4.78, 5) is 10.3. The van der Waals surface area contributed by atoms with Crippen molar-refractivity contribution in [3.63, 3.8) is 0 Å². The Morgan fingerprint density at radius 2 is 2.18 bits per heavy atom. The van der Waals surface area contributed by atoms with Gasteiger partial charge in [-0.1, -0.05) is 0 Å². The third-order valence-corrected chi connectivity index (χ3v) is 2.61. The average molecular weight is 262 g/mol. The van der Waals surface area contributed by atoms with Crippen LogP contribution in [0.25, 0.3) is 0 Å². The molecule has 94 valence electrons. The molecule has 0 unspecified atom stereocenters. The van der Waals surface area contributed by atoms with Crippen molar-refractivity contribution < 1.29 is 9.31 Å². The number of nitrogens with one attached hydrogen (secondary N) is 2. The highest BCUT2D eigenvalue weighted by Crippen LogP contribution is 2.26. The van der Waals surface area contributed by atoms with E-state index in [0.29, 0.717) is 12.1 Å². The van der Waals surface area contributed by atoms with Gasteiger partial charge in [-0.05, 0) is 12.1 Å². The molecule has 1 atom stereocenters. The van der Waals surface area contributed by atoms with Gasteiger partial charge in [0.05, 0.1) is 17.0 Å². The van der Waals surface area contributed by atoms with E-state index in [0.717, 1.165) is 19.2 Å². The van der Waals surface area contributed by atoms with Crippen LogP contribution in [0.1, 0.15) is 11.6 Å². The number of benzene rings is 1. The maximum Gasteiger partial charge on any atom is 0.277 e. The third-order valence-electron chi connectivity index (χ3n) is 2.61. The maximum atomic E-state index is 12.9. The number of rotatable bonds is 2. The molecule has 1 aromatic carbocycles. The van der Waals surface area contributed by atoms with E-state index in [4.69, 9.17) is 0 Å². The highest BCUT2D eigenvalue weighted by molar-refractivity contribution is 5.85. The summed E-state index contributed by atoms with van der Waals surface area (Å²) in [6.07, 6.45) is 0. The van der Waals surface area contributed by atoms with E-state index in [-0.39, 0.29) is 24.1 Å². The molecule has 0 radical (unpaired) electrons. The minimum Gasteiger partial charge on any atom is -0.314 e. The molecule has 0 aromatic heterocycles. The zero-order chi connectivity index (χ0) is 11.5. The largest absolute Gasteiger partial charge is 0.314 e. The van der Waals surface area contributed by atoms with Crippen LogP contribution in [0.3, 0.4) is 0 Å². The molecule has 0 saturated carbocycles. The number of nitrogens with zero attached hydrogens (tertiary/aromatic N) is 1. The van der Waals surface area contributed by atoms with Gasteiger partial charge in [0, 0.05) is 25.2 Å². The van der Waals surface area contributed by atoms with E-state index in [9.17, 15) is 14.5 Å². The summed E-state index contributed by atoms with van der Waals surface area (Å²) in [7, 11) is 0. The standard InChI is InChI=1S/C10H12FN3O2.ClH/c11-7-1-2-8(10(5-7)14(15)16)9-6-12-3-4-13-9;/h1-2,5,9,12-13H,3-4,6H2;1H/t9-;/m0./s1. The molecule has 0 aliphatic carbocycles. The van der Waals surface area contributed by atoms with Gasteiger partial charge >= 0.3 is 0 Å². The van der Waals surface area contributed by atoms with E-state index in [1.165, 1.54) is 12.1 Å². The molecule has 0 bridgehead atoms. The van der Waals surface area contributed by atoms with Gasteiger partial charge in [0.2, 0.25) is 0 Å². The molecule has 0 amide bonds. The first kappa shape index (κ1) is 13.8. The van der Waals surface area contributed by atoms with Crippen LogP contribution < -0.4 is 10.6 Å². The predicted octanol–water partition coefficient (Wildman–Crippen LogP) is 1.39. The first-order chi connectivity index (χ1) is 7.68. The molecule has 1 aliphatic heterocycles. The fraction of sp³-hybridized carbons (Fsp3) is 0.400. The lowest BCUT2D eigenvalue weighted by Crippen LogP contribution is -2.42. The lowest BCUT2D eigenvalue weighted by Gasteiger charge is -2.24. The molecular formula is C10H13ClFN3O2. The van der Waals surface area contributed by atoms with E-state index in [1.807, 2.05) is 0 Å². The second kappa shape index (κ2) is 5.90. The van der Waals surface area contributed by atoms with Gasteiger partial charge in [-0.15, -0.1) is 12.4 Å². The van der Waals surface area contributed by atoms with Gasteiger partial charge in [0.1, 0.15) is 5.82 Å². The van der Waals surface area contributed by atoms with Crippen LogP contribution in [0.4, 0.5) is 10.1 Å². The van der Waals surface area contributed by atoms with E-state index in [2.05, 4.69) is 10.6 Å². The van der Waals surface area contributed by atoms with Gasteiger partial charge in [-0.2, -0.15) is 0 Å². The Bertz CT molecular complexity index is 411. The van der Waals surface area contributed by atoms with E-state index in [1.54, 1.807) is 0 Å². The first-order valence-corrected chi connectivity index (χ1v) is 5.06. The average Bonchev–Trinajstić information content (AvgIpc) is 2.30. The molecule has 2 rings (SSSR count). The molecule has 7 heteroatoms. The Morgan fingerprint density at radius 1 is 1.41 bits per heavy atom. The zero-order valence-electron chi connectivity index (χ0n) is 8.98. The maximum absolute atomic E-state index is 12.9. The summed E-state index contributed by atoms with van der Waals surface area (Å²) in [5.74, 6) is -0.584. The highest BCUT2D eigenvalue weighted by atomic mass is 35.5. The van der Waals surface area contributed by atoms with Crippen LogP contribution in [0.15, 0.2) is 18.2 Å². The number of piperazine rings is 1. The SMILES string of the molecule is Cl.O=[N+]([O-])c1cc(F)ccc1[C@@H]1CNCCN1. The Labute approximate surface area is 104 Å². The fourth-order valence-electron chi connectivity index (χ4n) is 1.84. The Balaban J connectivity index is 0.00000144. The summed E-state index contributed by atoms with van der Waals surface area (Å²) < 4.78 is 12.9. The zero-order valence-corrected chi connectivity index (χ0v) is 9.80.